The Kier molecular flexibility index (Phi) is 22.6. The second kappa shape index (κ2) is 25.8. The highest BCUT2D eigenvalue weighted by Gasteiger charge is 2.50. The molecule has 0 spiro atoms. The van der Waals surface area contributed by atoms with Crippen LogP contribution in [0.1, 0.15) is 79.1 Å². The Balaban J connectivity index is 1.42. The first-order valence-corrected chi connectivity index (χ1v) is 19.6. The fourth-order valence-corrected chi connectivity index (χ4v) is 10.1. The molecule has 0 aliphatic carbocycles. The van der Waals surface area contributed by atoms with Crippen LogP contribution in [-0.4, -0.2) is 93.6 Å². The molecule has 47 heavy (non-hydrogen) atoms. The SMILES string of the molecule is CCCCCCCCCC(=O)OCCOCCOCCOCCOCCOCCO[Si](c1ccccc1)(c1ccccc1)C(C)(C)C. The van der Waals surface area contributed by atoms with Crippen molar-refractivity contribution in [3.8, 4) is 0 Å². The van der Waals surface area contributed by atoms with Crippen molar-refractivity contribution in [2.75, 3.05) is 79.3 Å². The van der Waals surface area contributed by atoms with Crippen LogP contribution in [0.5, 0.6) is 0 Å². The van der Waals surface area contributed by atoms with Crippen molar-refractivity contribution < 1.29 is 37.6 Å². The van der Waals surface area contributed by atoms with Gasteiger partial charge in [0.1, 0.15) is 6.61 Å². The van der Waals surface area contributed by atoms with Crippen molar-refractivity contribution in [2.45, 2.75) is 84.1 Å². The standard InChI is InChI=1S/C38H62O8Si/c1-5-6-7-8-9-10-17-22-37(39)45-33-31-43-29-27-41-25-23-40-24-26-42-28-30-44-32-34-46-47(38(2,3)4,35-18-13-11-14-19-35)36-20-15-12-16-21-36/h11-16,18-21H,5-10,17,22-34H2,1-4H3. The monoisotopic (exact) mass is 674 g/mol. The van der Waals surface area contributed by atoms with Crippen LogP contribution >= 0.6 is 0 Å². The van der Waals surface area contributed by atoms with E-state index in [9.17, 15) is 4.79 Å². The summed E-state index contributed by atoms with van der Waals surface area (Å²) in [6.07, 6.45) is 8.82. The molecule has 0 aliphatic rings. The van der Waals surface area contributed by atoms with Gasteiger partial charge in [0.25, 0.3) is 8.32 Å². The lowest BCUT2D eigenvalue weighted by Gasteiger charge is -2.43. The van der Waals surface area contributed by atoms with Crippen LogP contribution in [0.2, 0.25) is 5.04 Å². The summed E-state index contributed by atoms with van der Waals surface area (Å²) < 4.78 is 40.1. The zero-order chi connectivity index (χ0) is 33.9. The maximum Gasteiger partial charge on any atom is 0.305 e. The highest BCUT2D eigenvalue weighted by molar-refractivity contribution is 6.99. The summed E-state index contributed by atoms with van der Waals surface area (Å²) in [7, 11) is -2.53. The number of rotatable bonds is 29. The van der Waals surface area contributed by atoms with Crippen LogP contribution in [-0.2, 0) is 37.6 Å². The lowest BCUT2D eigenvalue weighted by molar-refractivity contribution is -0.145. The summed E-state index contributed by atoms with van der Waals surface area (Å²) >= 11 is 0. The molecule has 0 radical (unpaired) electrons. The van der Waals surface area contributed by atoms with E-state index in [4.69, 9.17) is 32.8 Å². The van der Waals surface area contributed by atoms with Gasteiger partial charge in [-0.2, -0.15) is 0 Å². The molecule has 8 nitrogen and oxygen atoms in total. The minimum atomic E-state index is -2.53. The molecule has 0 unspecified atom stereocenters. The third-order valence-electron chi connectivity index (χ3n) is 7.93. The fourth-order valence-electron chi connectivity index (χ4n) is 5.51. The number of unbranched alkanes of at least 4 members (excludes halogenated alkanes) is 6. The van der Waals surface area contributed by atoms with Gasteiger partial charge in [0.15, 0.2) is 0 Å². The zero-order valence-electron chi connectivity index (χ0n) is 29.7. The lowest BCUT2D eigenvalue weighted by Crippen LogP contribution is -2.66. The van der Waals surface area contributed by atoms with Crippen LogP contribution < -0.4 is 10.4 Å². The molecule has 2 aromatic rings. The molecule has 0 saturated carbocycles. The van der Waals surface area contributed by atoms with Crippen LogP contribution in [0.4, 0.5) is 0 Å². The highest BCUT2D eigenvalue weighted by atomic mass is 28.4. The summed E-state index contributed by atoms with van der Waals surface area (Å²) in [5.41, 5.74) is 0. The van der Waals surface area contributed by atoms with Crippen molar-refractivity contribution in [3.63, 3.8) is 0 Å². The highest BCUT2D eigenvalue weighted by Crippen LogP contribution is 2.36. The molecule has 0 bridgehead atoms. The van der Waals surface area contributed by atoms with Gasteiger partial charge in [0, 0.05) is 6.42 Å². The van der Waals surface area contributed by atoms with Gasteiger partial charge >= 0.3 is 5.97 Å². The smallest absolute Gasteiger partial charge is 0.305 e. The fraction of sp³-hybridized carbons (Fsp3) is 0.658. The molecule has 266 valence electrons. The number of carbonyl (C=O) groups is 1. The van der Waals surface area contributed by atoms with E-state index in [1.807, 2.05) is 0 Å². The number of benzene rings is 2. The van der Waals surface area contributed by atoms with Gasteiger partial charge in [0.2, 0.25) is 0 Å². The van der Waals surface area contributed by atoms with E-state index in [1.165, 1.54) is 42.5 Å². The van der Waals surface area contributed by atoms with Crippen LogP contribution in [0.25, 0.3) is 0 Å². The molecule has 9 heteroatoms. The molecule has 0 saturated heterocycles. The molecule has 2 aromatic carbocycles. The van der Waals surface area contributed by atoms with Crippen LogP contribution in [0, 0.1) is 0 Å². The van der Waals surface area contributed by atoms with E-state index in [2.05, 4.69) is 88.4 Å². The summed E-state index contributed by atoms with van der Waals surface area (Å²) in [5.74, 6) is -0.135. The quantitative estimate of drug-likeness (QED) is 0.0563. The lowest BCUT2D eigenvalue weighted by atomic mass is 10.1. The van der Waals surface area contributed by atoms with Gasteiger partial charge in [-0.3, -0.25) is 4.79 Å². The summed E-state index contributed by atoms with van der Waals surface area (Å²) in [6.45, 7) is 14.7. The average molecular weight is 675 g/mol. The normalized spacial score (nSPS) is 12.0. The van der Waals surface area contributed by atoms with Gasteiger partial charge in [-0.25, -0.2) is 0 Å². The Bertz CT molecular complexity index is 976. The van der Waals surface area contributed by atoms with E-state index >= 15 is 0 Å². The second-order valence-electron chi connectivity index (χ2n) is 12.7. The Morgan fingerprint density at radius 1 is 0.532 bits per heavy atom. The van der Waals surface area contributed by atoms with E-state index in [0.717, 1.165) is 12.8 Å². The molecule has 2 rings (SSSR count). The van der Waals surface area contributed by atoms with Gasteiger partial charge in [-0.05, 0) is 21.8 Å². The molecule has 0 atom stereocenters. The number of hydrogen-bond acceptors (Lipinski definition) is 8. The Morgan fingerprint density at radius 2 is 0.915 bits per heavy atom. The van der Waals surface area contributed by atoms with E-state index < -0.39 is 8.32 Å². The predicted molar refractivity (Wildman–Crippen MR) is 191 cm³/mol. The van der Waals surface area contributed by atoms with Gasteiger partial charge in [-0.1, -0.05) is 127 Å². The van der Waals surface area contributed by atoms with E-state index in [0.29, 0.717) is 85.7 Å². The first-order chi connectivity index (χ1) is 22.9. The summed E-state index contributed by atoms with van der Waals surface area (Å²) in [5, 5.41) is 2.48. The van der Waals surface area contributed by atoms with E-state index in [1.54, 1.807) is 0 Å². The Morgan fingerprint density at radius 3 is 1.34 bits per heavy atom. The molecule has 0 heterocycles. The minimum Gasteiger partial charge on any atom is -0.463 e. The number of hydrogen-bond donors (Lipinski definition) is 0. The van der Waals surface area contributed by atoms with Crippen molar-refractivity contribution in [1.82, 2.24) is 0 Å². The zero-order valence-corrected chi connectivity index (χ0v) is 30.7. The topological polar surface area (TPSA) is 81.7 Å². The first kappa shape index (κ1) is 41.1. The summed E-state index contributed by atoms with van der Waals surface area (Å²) in [6, 6.07) is 21.3. The van der Waals surface area contributed by atoms with Gasteiger partial charge in [0.05, 0.1) is 72.7 Å². The third kappa shape index (κ3) is 17.2. The largest absolute Gasteiger partial charge is 0.463 e. The minimum absolute atomic E-state index is 0.0539. The van der Waals surface area contributed by atoms with Crippen molar-refractivity contribution in [1.29, 1.82) is 0 Å². The predicted octanol–water partition coefficient (Wildman–Crippen LogP) is 6.33. The molecule has 0 aliphatic heterocycles. The van der Waals surface area contributed by atoms with Gasteiger partial charge in [-0.15, -0.1) is 0 Å². The maximum absolute atomic E-state index is 11.8. The van der Waals surface area contributed by atoms with E-state index in [-0.39, 0.29) is 11.0 Å². The van der Waals surface area contributed by atoms with Crippen molar-refractivity contribution in [2.24, 2.45) is 0 Å². The molecular weight excluding hydrogens is 612 g/mol. The first-order valence-electron chi connectivity index (χ1n) is 17.7. The second-order valence-corrected chi connectivity index (χ2v) is 17.0. The third-order valence-corrected chi connectivity index (χ3v) is 13.0. The molecule has 0 N–H and O–H groups in total. The van der Waals surface area contributed by atoms with Crippen LogP contribution in [0.3, 0.4) is 0 Å². The Hall–Kier alpha value is -2.11. The number of esters is 1. The van der Waals surface area contributed by atoms with Crippen molar-refractivity contribution >= 4 is 24.7 Å². The number of ether oxygens (including phenoxy) is 6. The van der Waals surface area contributed by atoms with Crippen molar-refractivity contribution in [3.05, 3.63) is 60.7 Å². The summed E-state index contributed by atoms with van der Waals surface area (Å²) in [4.78, 5) is 11.8. The molecular formula is C38H62O8Si. The number of carbonyl (C=O) groups excluding carboxylic acids is 1. The molecule has 0 aromatic heterocycles. The Labute approximate surface area is 285 Å². The molecule has 0 amide bonds. The van der Waals surface area contributed by atoms with Crippen LogP contribution in [0.15, 0.2) is 60.7 Å². The average Bonchev–Trinajstić information content (AvgIpc) is 3.07. The van der Waals surface area contributed by atoms with Gasteiger partial charge < -0.3 is 32.8 Å². The molecule has 0 fully saturated rings. The maximum atomic E-state index is 11.8.